The summed E-state index contributed by atoms with van der Waals surface area (Å²) in [6.07, 6.45) is 3.16. The zero-order valence-corrected chi connectivity index (χ0v) is 10.6. The van der Waals surface area contributed by atoms with Gasteiger partial charge in [-0.1, -0.05) is 20.8 Å². The molecule has 1 aromatic heterocycles. The fourth-order valence-electron chi connectivity index (χ4n) is 2.26. The molecule has 0 N–H and O–H groups in total. The third kappa shape index (κ3) is 1.91. The Morgan fingerprint density at radius 2 is 2.12 bits per heavy atom. The van der Waals surface area contributed by atoms with Crippen LogP contribution in [-0.4, -0.2) is 9.55 Å². The van der Waals surface area contributed by atoms with Crippen LogP contribution in [-0.2, 0) is 11.8 Å². The predicted octanol–water partition coefficient (Wildman–Crippen LogP) is 2.44. The van der Waals surface area contributed by atoms with Crippen molar-refractivity contribution in [2.24, 2.45) is 0 Å². The highest BCUT2D eigenvalue weighted by Gasteiger charge is 2.23. The maximum absolute atomic E-state index is 12.1. The first-order chi connectivity index (χ1) is 7.39. The lowest BCUT2D eigenvalue weighted by Gasteiger charge is -2.26. The van der Waals surface area contributed by atoms with Crippen molar-refractivity contribution < 1.29 is 0 Å². The Bertz CT molecular complexity index is 454. The van der Waals surface area contributed by atoms with E-state index in [1.54, 1.807) is 6.07 Å². The summed E-state index contributed by atoms with van der Waals surface area (Å²) >= 11 is 0. The van der Waals surface area contributed by atoms with Crippen molar-refractivity contribution in [1.29, 1.82) is 0 Å². The third-order valence-electron chi connectivity index (χ3n) is 3.26. The topological polar surface area (TPSA) is 34.9 Å². The second kappa shape index (κ2) is 3.72. The van der Waals surface area contributed by atoms with Gasteiger partial charge in [0.1, 0.15) is 5.82 Å². The van der Waals surface area contributed by atoms with E-state index < -0.39 is 0 Å². The molecule has 0 bridgehead atoms. The molecular weight excluding hydrogens is 200 g/mol. The van der Waals surface area contributed by atoms with Crippen LogP contribution in [0.3, 0.4) is 0 Å². The van der Waals surface area contributed by atoms with E-state index in [2.05, 4.69) is 32.7 Å². The fraction of sp³-hybridized carbons (Fsp3) is 0.692. The van der Waals surface area contributed by atoms with E-state index in [1.165, 1.54) is 0 Å². The van der Waals surface area contributed by atoms with Gasteiger partial charge in [0.25, 0.3) is 5.56 Å². The average molecular weight is 220 g/mol. The average Bonchev–Trinajstić information content (AvgIpc) is 2.15. The number of aromatic nitrogens is 2. The maximum atomic E-state index is 12.1. The molecule has 2 heterocycles. The second-order valence-corrected chi connectivity index (χ2v) is 5.76. The zero-order chi connectivity index (χ0) is 11.9. The minimum absolute atomic E-state index is 0.0462. The largest absolute Gasteiger partial charge is 0.294 e. The van der Waals surface area contributed by atoms with Crippen LogP contribution >= 0.6 is 0 Å². The summed E-state index contributed by atoms with van der Waals surface area (Å²) in [6.45, 7) is 8.39. The molecule has 1 aliphatic heterocycles. The fourth-order valence-corrected chi connectivity index (χ4v) is 2.26. The van der Waals surface area contributed by atoms with Crippen molar-refractivity contribution in [3.63, 3.8) is 0 Å². The molecule has 2 rings (SSSR count). The molecule has 0 spiro atoms. The minimum Gasteiger partial charge on any atom is -0.294 e. The first-order valence-corrected chi connectivity index (χ1v) is 6.02. The van der Waals surface area contributed by atoms with E-state index in [-0.39, 0.29) is 11.0 Å². The summed E-state index contributed by atoms with van der Waals surface area (Å²) in [7, 11) is 0. The van der Waals surface area contributed by atoms with Gasteiger partial charge in [0, 0.05) is 23.9 Å². The molecule has 16 heavy (non-hydrogen) atoms. The summed E-state index contributed by atoms with van der Waals surface area (Å²) in [5.41, 5.74) is 0.982. The molecule has 0 saturated carbocycles. The van der Waals surface area contributed by atoms with Crippen molar-refractivity contribution in [2.75, 3.05) is 0 Å². The van der Waals surface area contributed by atoms with Crippen molar-refractivity contribution >= 4 is 0 Å². The van der Waals surface area contributed by atoms with Gasteiger partial charge in [0.15, 0.2) is 0 Å². The standard InChI is InChI=1S/C13H20N2O/c1-9-6-5-7-11-14-10(13(2,3)4)8-12(16)15(9)11/h8-9H,5-7H2,1-4H3. The number of hydrogen-bond donors (Lipinski definition) is 0. The van der Waals surface area contributed by atoms with Crippen LogP contribution in [0.5, 0.6) is 0 Å². The Morgan fingerprint density at radius 1 is 1.44 bits per heavy atom. The summed E-state index contributed by atoms with van der Waals surface area (Å²) in [6, 6.07) is 2.00. The van der Waals surface area contributed by atoms with Crippen LogP contribution in [0.1, 0.15) is 58.1 Å². The Morgan fingerprint density at radius 3 is 2.75 bits per heavy atom. The zero-order valence-electron chi connectivity index (χ0n) is 10.6. The van der Waals surface area contributed by atoms with Crippen LogP contribution in [0.4, 0.5) is 0 Å². The SMILES string of the molecule is CC1CCCc2nc(C(C)(C)C)cc(=O)n21. The Balaban J connectivity index is 2.59. The van der Waals surface area contributed by atoms with Crippen LogP contribution in [0.25, 0.3) is 0 Å². The van der Waals surface area contributed by atoms with Gasteiger partial charge in [-0.25, -0.2) is 4.98 Å². The highest BCUT2D eigenvalue weighted by molar-refractivity contribution is 5.15. The number of hydrogen-bond acceptors (Lipinski definition) is 2. The number of aryl methyl sites for hydroxylation is 1. The van der Waals surface area contributed by atoms with Gasteiger partial charge in [0.2, 0.25) is 0 Å². The van der Waals surface area contributed by atoms with Gasteiger partial charge in [-0.05, 0) is 19.8 Å². The summed E-state index contributed by atoms with van der Waals surface area (Å²) < 4.78 is 1.86. The molecule has 0 saturated heterocycles. The highest BCUT2D eigenvalue weighted by Crippen LogP contribution is 2.24. The van der Waals surface area contributed by atoms with E-state index in [0.717, 1.165) is 30.8 Å². The van der Waals surface area contributed by atoms with Crippen LogP contribution in [0.2, 0.25) is 0 Å². The van der Waals surface area contributed by atoms with Gasteiger partial charge >= 0.3 is 0 Å². The van der Waals surface area contributed by atoms with Gasteiger partial charge in [0.05, 0.1) is 5.69 Å². The van der Waals surface area contributed by atoms with E-state index in [4.69, 9.17) is 0 Å². The minimum atomic E-state index is -0.0462. The van der Waals surface area contributed by atoms with Crippen molar-refractivity contribution in [2.45, 2.75) is 58.4 Å². The van der Waals surface area contributed by atoms with Crippen molar-refractivity contribution in [1.82, 2.24) is 9.55 Å². The summed E-state index contributed by atoms with van der Waals surface area (Å²) in [4.78, 5) is 16.7. The van der Waals surface area contributed by atoms with Gasteiger partial charge in [-0.3, -0.25) is 9.36 Å². The normalized spacial score (nSPS) is 20.6. The molecule has 1 aliphatic rings. The molecular formula is C13H20N2O. The van der Waals surface area contributed by atoms with Crippen LogP contribution < -0.4 is 5.56 Å². The molecule has 0 fully saturated rings. The molecule has 1 aromatic rings. The Labute approximate surface area is 96.5 Å². The van der Waals surface area contributed by atoms with Gasteiger partial charge in [-0.2, -0.15) is 0 Å². The molecule has 3 heteroatoms. The highest BCUT2D eigenvalue weighted by atomic mass is 16.1. The molecule has 0 amide bonds. The molecule has 0 aromatic carbocycles. The van der Waals surface area contributed by atoms with Crippen molar-refractivity contribution in [3.8, 4) is 0 Å². The monoisotopic (exact) mass is 220 g/mol. The van der Waals surface area contributed by atoms with Gasteiger partial charge < -0.3 is 0 Å². The number of fused-ring (bicyclic) bond motifs is 1. The lowest BCUT2D eigenvalue weighted by Crippen LogP contribution is -2.33. The first kappa shape index (κ1) is 11.4. The van der Waals surface area contributed by atoms with Crippen LogP contribution in [0.15, 0.2) is 10.9 Å². The lowest BCUT2D eigenvalue weighted by molar-refractivity contribution is 0.397. The van der Waals surface area contributed by atoms with E-state index in [0.29, 0.717) is 6.04 Å². The quantitative estimate of drug-likeness (QED) is 0.673. The molecule has 3 nitrogen and oxygen atoms in total. The van der Waals surface area contributed by atoms with Gasteiger partial charge in [-0.15, -0.1) is 0 Å². The van der Waals surface area contributed by atoms with Crippen LogP contribution in [0, 0.1) is 0 Å². The van der Waals surface area contributed by atoms with E-state index >= 15 is 0 Å². The molecule has 1 unspecified atom stereocenters. The number of rotatable bonds is 0. The smallest absolute Gasteiger partial charge is 0.253 e. The maximum Gasteiger partial charge on any atom is 0.253 e. The second-order valence-electron chi connectivity index (χ2n) is 5.76. The molecule has 0 radical (unpaired) electrons. The first-order valence-electron chi connectivity index (χ1n) is 6.02. The lowest BCUT2D eigenvalue weighted by atomic mass is 9.91. The van der Waals surface area contributed by atoms with E-state index in [1.807, 2.05) is 4.57 Å². The molecule has 1 atom stereocenters. The van der Waals surface area contributed by atoms with E-state index in [9.17, 15) is 4.79 Å². The Hall–Kier alpha value is -1.12. The number of nitrogens with zero attached hydrogens (tertiary/aromatic N) is 2. The third-order valence-corrected chi connectivity index (χ3v) is 3.26. The molecule has 88 valence electrons. The predicted molar refractivity (Wildman–Crippen MR) is 64.8 cm³/mol. The summed E-state index contributed by atoms with van der Waals surface area (Å²) in [5, 5.41) is 0. The summed E-state index contributed by atoms with van der Waals surface area (Å²) in [5.74, 6) is 0.969. The molecule has 0 aliphatic carbocycles. The van der Waals surface area contributed by atoms with Crippen molar-refractivity contribution in [3.05, 3.63) is 27.9 Å². The Kier molecular flexibility index (Phi) is 2.64.